The summed E-state index contributed by atoms with van der Waals surface area (Å²) in [6.45, 7) is 0. The maximum atomic E-state index is 4.62. The van der Waals surface area contributed by atoms with Crippen molar-refractivity contribution in [3.63, 3.8) is 0 Å². The van der Waals surface area contributed by atoms with Gasteiger partial charge in [0.15, 0.2) is 0 Å². The van der Waals surface area contributed by atoms with Crippen LogP contribution in [-0.4, -0.2) is 4.98 Å². The van der Waals surface area contributed by atoms with Crippen molar-refractivity contribution in [1.29, 1.82) is 0 Å². The zero-order valence-corrected chi connectivity index (χ0v) is 17.5. The van der Waals surface area contributed by atoms with Gasteiger partial charge in [0, 0.05) is 31.9 Å². The van der Waals surface area contributed by atoms with Gasteiger partial charge in [-0.1, -0.05) is 42.5 Å². The average molecular weight is 412 g/mol. The van der Waals surface area contributed by atoms with E-state index in [0.29, 0.717) is 0 Å². The summed E-state index contributed by atoms with van der Waals surface area (Å²) in [6, 6.07) is 35.3. The fourth-order valence-corrected chi connectivity index (χ4v) is 5.91. The maximum absolute atomic E-state index is 4.62. The first-order valence-electron chi connectivity index (χ1n) is 10.5. The highest BCUT2D eigenvalue weighted by Gasteiger charge is 2.13. The van der Waals surface area contributed by atoms with E-state index in [4.69, 9.17) is 0 Å². The minimum absolute atomic E-state index is 1.03. The molecule has 0 N–H and O–H groups in total. The highest BCUT2D eigenvalue weighted by atomic mass is 32.1. The first kappa shape index (κ1) is 17.0. The van der Waals surface area contributed by atoms with Gasteiger partial charge in [-0.3, -0.25) is 4.98 Å². The van der Waals surface area contributed by atoms with E-state index in [9.17, 15) is 0 Å². The van der Waals surface area contributed by atoms with Crippen molar-refractivity contribution < 1.29 is 0 Å². The van der Waals surface area contributed by atoms with Crippen molar-refractivity contribution in [2.75, 3.05) is 0 Å². The van der Waals surface area contributed by atoms with Gasteiger partial charge in [0.05, 0.1) is 5.69 Å². The third-order valence-corrected chi connectivity index (χ3v) is 7.33. The minimum Gasteiger partial charge on any atom is -0.256 e. The molecule has 0 radical (unpaired) electrons. The van der Waals surface area contributed by atoms with E-state index in [0.717, 1.165) is 5.69 Å². The summed E-state index contributed by atoms with van der Waals surface area (Å²) in [6.07, 6.45) is 1.87. The smallest absolute Gasteiger partial charge is 0.0708 e. The molecule has 2 heteroatoms. The number of thiophene rings is 1. The van der Waals surface area contributed by atoms with E-state index in [1.54, 1.807) is 0 Å². The lowest BCUT2D eigenvalue weighted by molar-refractivity contribution is 1.33. The zero-order valence-electron chi connectivity index (χ0n) is 16.7. The molecular weight excluding hydrogens is 394 g/mol. The summed E-state index contributed by atoms with van der Waals surface area (Å²) in [7, 11) is 0. The third-order valence-electron chi connectivity index (χ3n) is 6.21. The number of hydrogen-bond donors (Lipinski definition) is 0. The van der Waals surface area contributed by atoms with Gasteiger partial charge in [-0.05, 0) is 86.9 Å². The fraction of sp³-hybridized carbons (Fsp3) is 0. The average Bonchev–Trinajstić information content (AvgIpc) is 3.18. The highest BCUT2D eigenvalue weighted by molar-refractivity contribution is 7.26. The van der Waals surface area contributed by atoms with E-state index in [1.165, 1.54) is 58.1 Å². The quantitative estimate of drug-likeness (QED) is 0.247. The Morgan fingerprint density at radius 2 is 1.19 bits per heavy atom. The van der Waals surface area contributed by atoms with E-state index < -0.39 is 0 Å². The van der Waals surface area contributed by atoms with E-state index in [-0.39, 0.29) is 0 Å². The molecule has 0 saturated heterocycles. The molecule has 7 rings (SSSR count). The van der Waals surface area contributed by atoms with E-state index >= 15 is 0 Å². The molecule has 5 aromatic carbocycles. The first-order valence-corrected chi connectivity index (χ1v) is 11.3. The lowest BCUT2D eigenvalue weighted by Crippen LogP contribution is -1.83. The van der Waals surface area contributed by atoms with Crippen LogP contribution in [0.3, 0.4) is 0 Å². The Bertz CT molecular complexity index is 1780. The van der Waals surface area contributed by atoms with Gasteiger partial charge in [0.25, 0.3) is 0 Å². The molecule has 0 atom stereocenters. The molecule has 0 saturated carbocycles. The Morgan fingerprint density at radius 1 is 0.516 bits per heavy atom. The number of aromatic nitrogens is 1. The second-order valence-corrected chi connectivity index (χ2v) is 9.17. The minimum atomic E-state index is 1.03. The van der Waals surface area contributed by atoms with Gasteiger partial charge in [0.2, 0.25) is 0 Å². The molecule has 0 fully saturated rings. The normalized spacial score (nSPS) is 11.9. The topological polar surface area (TPSA) is 12.9 Å². The first-order chi connectivity index (χ1) is 15.3. The molecule has 144 valence electrons. The highest BCUT2D eigenvalue weighted by Crippen LogP contribution is 2.41. The predicted octanol–water partition coefficient (Wildman–Crippen LogP) is 8.58. The molecule has 31 heavy (non-hydrogen) atoms. The van der Waals surface area contributed by atoms with Crippen molar-refractivity contribution in [1.82, 2.24) is 4.98 Å². The summed E-state index contributed by atoms with van der Waals surface area (Å²) in [5.74, 6) is 0. The zero-order chi connectivity index (χ0) is 20.4. The lowest BCUT2D eigenvalue weighted by Gasteiger charge is -2.07. The lowest BCUT2D eigenvalue weighted by atomic mass is 9.97. The Morgan fingerprint density at radius 3 is 1.94 bits per heavy atom. The SMILES string of the molecule is c1ccc(-c2cccc3sc4cc5cc6cc7ccccc7cc6cc5cc4c23)nc1. The molecule has 2 aromatic heterocycles. The summed E-state index contributed by atoms with van der Waals surface area (Å²) < 4.78 is 2.63. The molecule has 0 aliphatic rings. The van der Waals surface area contributed by atoms with Crippen LogP contribution in [0, 0.1) is 0 Å². The molecule has 0 spiro atoms. The van der Waals surface area contributed by atoms with E-state index in [1.807, 2.05) is 23.6 Å². The maximum Gasteiger partial charge on any atom is 0.0708 e. The van der Waals surface area contributed by atoms with Gasteiger partial charge < -0.3 is 0 Å². The van der Waals surface area contributed by atoms with Crippen LogP contribution in [0.15, 0.2) is 103 Å². The van der Waals surface area contributed by atoms with Crippen LogP contribution in [0.5, 0.6) is 0 Å². The standard InChI is InChI=1S/C29H17NS/c1-2-7-19-13-21-15-23-17-28-25(16-22(23)14-20(21)12-18(19)6-1)29-24(8-5-10-27(29)31-28)26-9-3-4-11-30-26/h1-17H. The molecular formula is C29H17NS. The van der Waals surface area contributed by atoms with Gasteiger partial charge >= 0.3 is 0 Å². The molecule has 1 nitrogen and oxygen atoms in total. The van der Waals surface area contributed by atoms with E-state index in [2.05, 4.69) is 96.0 Å². The van der Waals surface area contributed by atoms with Crippen molar-refractivity contribution in [2.45, 2.75) is 0 Å². The number of nitrogens with zero attached hydrogens (tertiary/aromatic N) is 1. The van der Waals surface area contributed by atoms with Crippen LogP contribution < -0.4 is 0 Å². The third kappa shape index (κ3) is 2.59. The van der Waals surface area contributed by atoms with Gasteiger partial charge in [-0.25, -0.2) is 0 Å². The Labute approximate surface area is 183 Å². The van der Waals surface area contributed by atoms with Crippen LogP contribution >= 0.6 is 11.3 Å². The van der Waals surface area contributed by atoms with Crippen LogP contribution in [0.1, 0.15) is 0 Å². The van der Waals surface area contributed by atoms with Crippen molar-refractivity contribution in [3.8, 4) is 11.3 Å². The van der Waals surface area contributed by atoms with Crippen LogP contribution in [0.25, 0.3) is 63.7 Å². The fourth-order valence-electron chi connectivity index (χ4n) is 4.75. The summed E-state index contributed by atoms with van der Waals surface area (Å²) in [5.41, 5.74) is 2.23. The number of fused-ring (bicyclic) bond motifs is 6. The number of rotatable bonds is 1. The van der Waals surface area contributed by atoms with Crippen molar-refractivity contribution >= 4 is 63.8 Å². The number of benzene rings is 5. The predicted molar refractivity (Wildman–Crippen MR) is 135 cm³/mol. The Hall–Kier alpha value is -3.75. The molecule has 0 aliphatic carbocycles. The number of pyridine rings is 1. The van der Waals surface area contributed by atoms with Crippen molar-refractivity contribution in [3.05, 3.63) is 103 Å². The van der Waals surface area contributed by atoms with Crippen molar-refractivity contribution in [2.24, 2.45) is 0 Å². The monoisotopic (exact) mass is 411 g/mol. The Balaban J connectivity index is 1.57. The van der Waals surface area contributed by atoms with Gasteiger partial charge in [0.1, 0.15) is 0 Å². The second-order valence-electron chi connectivity index (χ2n) is 8.09. The molecule has 0 unspecified atom stereocenters. The van der Waals surface area contributed by atoms with Crippen LogP contribution in [0.2, 0.25) is 0 Å². The Kier molecular flexibility index (Phi) is 3.49. The summed E-state index contributed by atoms with van der Waals surface area (Å²) in [4.78, 5) is 4.62. The van der Waals surface area contributed by atoms with Gasteiger partial charge in [-0.15, -0.1) is 11.3 Å². The molecule has 0 aliphatic heterocycles. The largest absolute Gasteiger partial charge is 0.256 e. The summed E-state index contributed by atoms with van der Waals surface area (Å²) in [5, 5.41) is 10.4. The second kappa shape index (κ2) is 6.37. The molecule has 7 aromatic rings. The molecule has 2 heterocycles. The summed E-state index contributed by atoms with van der Waals surface area (Å²) >= 11 is 1.87. The van der Waals surface area contributed by atoms with Crippen LogP contribution in [0.4, 0.5) is 0 Å². The van der Waals surface area contributed by atoms with Gasteiger partial charge in [-0.2, -0.15) is 0 Å². The number of hydrogen-bond acceptors (Lipinski definition) is 2. The van der Waals surface area contributed by atoms with Crippen LogP contribution in [-0.2, 0) is 0 Å². The molecule has 0 amide bonds. The molecule has 0 bridgehead atoms.